The van der Waals surface area contributed by atoms with Crippen molar-refractivity contribution in [2.75, 3.05) is 0 Å². The summed E-state index contributed by atoms with van der Waals surface area (Å²) in [5.74, 6) is -0.0444. The summed E-state index contributed by atoms with van der Waals surface area (Å²) >= 11 is 0. The minimum atomic E-state index is -0.284. The smallest absolute Gasteiger partial charge is 0.272 e. The van der Waals surface area contributed by atoms with E-state index in [1.54, 1.807) is 0 Å². The number of nitrogens with one attached hydrogen (secondary N) is 1. The topological polar surface area (TPSA) is 64.0 Å². The van der Waals surface area contributed by atoms with Crippen LogP contribution in [0.2, 0.25) is 0 Å². The Labute approximate surface area is 123 Å². The molecule has 0 fully saturated rings. The van der Waals surface area contributed by atoms with Gasteiger partial charge in [0.25, 0.3) is 11.5 Å². The standard InChI is InChI=1S/C16H19N3O2/c1-11(2)15(12-7-5-4-6-8-12)17-16(21)13-9-10-14(20)19(3)18-13/h4-11,15H,1-3H3,(H,17,21). The molecule has 0 bridgehead atoms. The summed E-state index contributed by atoms with van der Waals surface area (Å²) in [6, 6.07) is 12.5. The number of carbonyl (C=O) groups is 1. The van der Waals surface area contributed by atoms with Gasteiger partial charge in [0.15, 0.2) is 0 Å². The van der Waals surface area contributed by atoms with Crippen LogP contribution in [0.3, 0.4) is 0 Å². The zero-order chi connectivity index (χ0) is 15.4. The average molecular weight is 285 g/mol. The quantitative estimate of drug-likeness (QED) is 0.933. The number of rotatable bonds is 4. The summed E-state index contributed by atoms with van der Waals surface area (Å²) < 4.78 is 1.15. The molecule has 0 aliphatic heterocycles. The first-order valence-corrected chi connectivity index (χ1v) is 6.89. The number of carbonyl (C=O) groups excluding carboxylic acids is 1. The maximum Gasteiger partial charge on any atom is 0.272 e. The van der Waals surface area contributed by atoms with Gasteiger partial charge in [-0.2, -0.15) is 5.10 Å². The maximum atomic E-state index is 12.3. The summed E-state index contributed by atoms with van der Waals surface area (Å²) in [7, 11) is 1.52. The van der Waals surface area contributed by atoms with Gasteiger partial charge in [-0.15, -0.1) is 0 Å². The van der Waals surface area contributed by atoms with Gasteiger partial charge in [0.05, 0.1) is 6.04 Å². The molecular formula is C16H19N3O2. The van der Waals surface area contributed by atoms with E-state index in [0.717, 1.165) is 10.2 Å². The molecule has 110 valence electrons. The third kappa shape index (κ3) is 3.56. The normalized spacial score (nSPS) is 12.2. The van der Waals surface area contributed by atoms with E-state index in [-0.39, 0.29) is 29.1 Å². The Morgan fingerprint density at radius 2 is 1.81 bits per heavy atom. The molecule has 21 heavy (non-hydrogen) atoms. The van der Waals surface area contributed by atoms with E-state index in [9.17, 15) is 9.59 Å². The number of hydrogen-bond acceptors (Lipinski definition) is 3. The lowest BCUT2D eigenvalue weighted by Crippen LogP contribution is -2.33. The van der Waals surface area contributed by atoms with Crippen molar-refractivity contribution in [3.8, 4) is 0 Å². The van der Waals surface area contributed by atoms with Gasteiger partial charge in [0.2, 0.25) is 0 Å². The third-order valence-electron chi connectivity index (χ3n) is 3.31. The number of benzene rings is 1. The molecule has 1 aromatic carbocycles. The van der Waals surface area contributed by atoms with E-state index < -0.39 is 0 Å². The van der Waals surface area contributed by atoms with Crippen LogP contribution in [-0.4, -0.2) is 15.7 Å². The lowest BCUT2D eigenvalue weighted by Gasteiger charge is -2.22. The van der Waals surface area contributed by atoms with Gasteiger partial charge in [0, 0.05) is 13.1 Å². The molecule has 1 N–H and O–H groups in total. The molecule has 0 aliphatic rings. The predicted octanol–water partition coefficient (Wildman–Crippen LogP) is 1.91. The lowest BCUT2D eigenvalue weighted by molar-refractivity contribution is 0.0918. The Morgan fingerprint density at radius 1 is 1.14 bits per heavy atom. The number of nitrogens with zero attached hydrogens (tertiary/aromatic N) is 2. The maximum absolute atomic E-state index is 12.3. The van der Waals surface area contributed by atoms with Crippen molar-refractivity contribution in [3.05, 3.63) is 64.1 Å². The Bertz CT molecular complexity index is 677. The molecule has 1 aromatic heterocycles. The average Bonchev–Trinajstić information content (AvgIpc) is 2.48. The Morgan fingerprint density at radius 3 is 2.38 bits per heavy atom. The summed E-state index contributed by atoms with van der Waals surface area (Å²) in [5.41, 5.74) is 1.04. The molecule has 5 heteroatoms. The van der Waals surface area contributed by atoms with Crippen LogP contribution in [0.15, 0.2) is 47.3 Å². The van der Waals surface area contributed by atoms with Crippen LogP contribution < -0.4 is 10.9 Å². The predicted molar refractivity (Wildman–Crippen MR) is 81.0 cm³/mol. The van der Waals surface area contributed by atoms with Gasteiger partial charge >= 0.3 is 0 Å². The summed E-state index contributed by atoms with van der Waals surface area (Å²) in [6.07, 6.45) is 0. The highest BCUT2D eigenvalue weighted by molar-refractivity contribution is 5.92. The number of amides is 1. The van der Waals surface area contributed by atoms with Crippen molar-refractivity contribution in [2.24, 2.45) is 13.0 Å². The number of aromatic nitrogens is 2. The fourth-order valence-corrected chi connectivity index (χ4v) is 2.13. The summed E-state index contributed by atoms with van der Waals surface area (Å²) in [6.45, 7) is 4.10. The van der Waals surface area contributed by atoms with Crippen LogP contribution in [0.1, 0.15) is 35.9 Å². The third-order valence-corrected chi connectivity index (χ3v) is 3.31. The Hall–Kier alpha value is -2.43. The molecule has 0 saturated heterocycles. The second-order valence-corrected chi connectivity index (χ2v) is 5.29. The number of hydrogen-bond donors (Lipinski definition) is 1. The Kier molecular flexibility index (Phi) is 4.52. The van der Waals surface area contributed by atoms with Crippen molar-refractivity contribution in [1.82, 2.24) is 15.1 Å². The van der Waals surface area contributed by atoms with Crippen molar-refractivity contribution in [2.45, 2.75) is 19.9 Å². The van der Waals surface area contributed by atoms with Gasteiger partial charge in [-0.1, -0.05) is 44.2 Å². The van der Waals surface area contributed by atoms with Crippen LogP contribution in [0.5, 0.6) is 0 Å². The molecule has 5 nitrogen and oxygen atoms in total. The molecule has 0 saturated carbocycles. The van der Waals surface area contributed by atoms with Crippen molar-refractivity contribution >= 4 is 5.91 Å². The van der Waals surface area contributed by atoms with Crippen molar-refractivity contribution in [1.29, 1.82) is 0 Å². The highest BCUT2D eigenvalue weighted by Crippen LogP contribution is 2.21. The zero-order valence-electron chi connectivity index (χ0n) is 12.4. The van der Waals surface area contributed by atoms with Crippen LogP contribution >= 0.6 is 0 Å². The van der Waals surface area contributed by atoms with Crippen LogP contribution in [0.4, 0.5) is 0 Å². The molecule has 1 heterocycles. The first-order valence-electron chi connectivity index (χ1n) is 6.89. The summed E-state index contributed by atoms with van der Waals surface area (Å²) in [5, 5.41) is 6.95. The van der Waals surface area contributed by atoms with Crippen LogP contribution in [-0.2, 0) is 7.05 Å². The summed E-state index contributed by atoms with van der Waals surface area (Å²) in [4.78, 5) is 23.6. The van der Waals surface area contributed by atoms with E-state index in [1.165, 1.54) is 19.2 Å². The van der Waals surface area contributed by atoms with E-state index in [1.807, 2.05) is 44.2 Å². The van der Waals surface area contributed by atoms with Crippen molar-refractivity contribution < 1.29 is 4.79 Å². The molecule has 1 atom stereocenters. The van der Waals surface area contributed by atoms with Gasteiger partial charge in [0.1, 0.15) is 5.69 Å². The minimum absolute atomic E-state index is 0.0993. The molecule has 1 amide bonds. The van der Waals surface area contributed by atoms with E-state index in [2.05, 4.69) is 10.4 Å². The largest absolute Gasteiger partial charge is 0.344 e. The SMILES string of the molecule is CC(C)C(NC(=O)c1ccc(=O)n(C)n1)c1ccccc1. The molecule has 0 spiro atoms. The molecule has 1 unspecified atom stereocenters. The number of aryl methyl sites for hydroxylation is 1. The van der Waals surface area contributed by atoms with Crippen LogP contribution in [0, 0.1) is 5.92 Å². The molecule has 2 rings (SSSR count). The molecular weight excluding hydrogens is 266 g/mol. The minimum Gasteiger partial charge on any atom is -0.344 e. The second-order valence-electron chi connectivity index (χ2n) is 5.29. The molecule has 0 radical (unpaired) electrons. The molecule has 0 aliphatic carbocycles. The monoisotopic (exact) mass is 285 g/mol. The van der Waals surface area contributed by atoms with Gasteiger partial charge in [-0.05, 0) is 17.5 Å². The Balaban J connectivity index is 2.23. The molecule has 2 aromatic rings. The highest BCUT2D eigenvalue weighted by Gasteiger charge is 2.19. The fraction of sp³-hybridized carbons (Fsp3) is 0.312. The van der Waals surface area contributed by atoms with Gasteiger partial charge in [-0.25, -0.2) is 4.68 Å². The van der Waals surface area contributed by atoms with E-state index in [0.29, 0.717) is 0 Å². The van der Waals surface area contributed by atoms with Crippen LogP contribution in [0.25, 0.3) is 0 Å². The highest BCUT2D eigenvalue weighted by atomic mass is 16.2. The van der Waals surface area contributed by atoms with Gasteiger partial charge < -0.3 is 5.32 Å². The van der Waals surface area contributed by atoms with E-state index in [4.69, 9.17) is 0 Å². The lowest BCUT2D eigenvalue weighted by atomic mass is 9.96. The van der Waals surface area contributed by atoms with Gasteiger partial charge in [-0.3, -0.25) is 9.59 Å². The zero-order valence-corrected chi connectivity index (χ0v) is 12.4. The fourth-order valence-electron chi connectivity index (χ4n) is 2.13. The second kappa shape index (κ2) is 6.35. The first-order chi connectivity index (χ1) is 9.99. The first kappa shape index (κ1) is 15.0. The van der Waals surface area contributed by atoms with E-state index >= 15 is 0 Å². The van der Waals surface area contributed by atoms with Crippen molar-refractivity contribution in [3.63, 3.8) is 0 Å².